The zero-order valence-electron chi connectivity index (χ0n) is 14.2. The number of likely N-dealkylation sites (N-methyl/N-ethyl adjacent to an activating group) is 1. The Hall–Kier alpha value is -1.15. The van der Waals surface area contributed by atoms with E-state index in [0.29, 0.717) is 17.3 Å². The van der Waals surface area contributed by atoms with E-state index in [4.69, 9.17) is 11.6 Å². The monoisotopic (exact) mass is 361 g/mol. The SMILES string of the molecule is Cc1cc(C)c(NC(=O)CN(CCN(C)C)S(C)(=O)=O)c(Cl)c1. The first-order valence-corrected chi connectivity index (χ1v) is 9.39. The normalized spacial score (nSPS) is 12.0. The van der Waals surface area contributed by atoms with E-state index in [-0.39, 0.29) is 13.1 Å². The molecule has 0 bridgehead atoms. The lowest BCUT2D eigenvalue weighted by atomic mass is 10.1. The average molecular weight is 362 g/mol. The number of carbonyl (C=O) groups excluding carboxylic acids is 1. The highest BCUT2D eigenvalue weighted by Gasteiger charge is 2.21. The summed E-state index contributed by atoms with van der Waals surface area (Å²) in [6.45, 7) is 4.30. The molecule has 1 aromatic carbocycles. The molecule has 0 unspecified atom stereocenters. The van der Waals surface area contributed by atoms with Crippen LogP contribution >= 0.6 is 11.6 Å². The molecule has 0 aliphatic carbocycles. The Balaban J connectivity index is 2.84. The van der Waals surface area contributed by atoms with Crippen molar-refractivity contribution in [3.8, 4) is 0 Å². The zero-order chi connectivity index (χ0) is 17.8. The molecule has 1 rings (SSSR count). The van der Waals surface area contributed by atoms with Crippen LogP contribution in [0.2, 0.25) is 5.02 Å². The molecule has 1 aromatic rings. The van der Waals surface area contributed by atoms with Gasteiger partial charge in [-0.15, -0.1) is 0 Å². The van der Waals surface area contributed by atoms with Gasteiger partial charge in [0.05, 0.1) is 23.5 Å². The third-order valence-electron chi connectivity index (χ3n) is 3.28. The number of halogens is 1. The topological polar surface area (TPSA) is 69.7 Å². The standard InChI is InChI=1S/C15H24ClN3O3S/c1-11-8-12(2)15(13(16)9-11)17-14(20)10-19(23(5,21)22)7-6-18(3)4/h8-9H,6-7,10H2,1-5H3,(H,17,20). The molecule has 23 heavy (non-hydrogen) atoms. The largest absolute Gasteiger partial charge is 0.323 e. The Morgan fingerprint density at radius 3 is 2.30 bits per heavy atom. The quantitative estimate of drug-likeness (QED) is 0.802. The second-order valence-electron chi connectivity index (χ2n) is 5.89. The van der Waals surface area contributed by atoms with Crippen molar-refractivity contribution in [2.75, 3.05) is 45.3 Å². The van der Waals surface area contributed by atoms with Crippen molar-refractivity contribution in [1.29, 1.82) is 0 Å². The van der Waals surface area contributed by atoms with Crippen LogP contribution < -0.4 is 5.32 Å². The van der Waals surface area contributed by atoms with Gasteiger partial charge in [-0.25, -0.2) is 8.42 Å². The highest BCUT2D eigenvalue weighted by atomic mass is 35.5. The Labute approximate surface area is 143 Å². The molecule has 0 saturated heterocycles. The number of aryl methyl sites for hydroxylation is 2. The third-order valence-corrected chi connectivity index (χ3v) is 4.83. The summed E-state index contributed by atoms with van der Waals surface area (Å²) in [5, 5.41) is 3.15. The summed E-state index contributed by atoms with van der Waals surface area (Å²) in [7, 11) is 0.224. The molecule has 1 amide bonds. The van der Waals surface area contributed by atoms with Gasteiger partial charge in [0.2, 0.25) is 15.9 Å². The van der Waals surface area contributed by atoms with E-state index in [0.717, 1.165) is 21.7 Å². The molecule has 1 N–H and O–H groups in total. The molecular weight excluding hydrogens is 338 g/mol. The molecule has 0 spiro atoms. The Bertz CT molecular complexity index is 652. The molecule has 6 nitrogen and oxygen atoms in total. The van der Waals surface area contributed by atoms with Crippen molar-refractivity contribution in [2.24, 2.45) is 0 Å². The van der Waals surface area contributed by atoms with E-state index in [1.807, 2.05) is 38.9 Å². The minimum Gasteiger partial charge on any atom is -0.323 e. The number of amides is 1. The van der Waals surface area contributed by atoms with Crippen LogP contribution in [0, 0.1) is 13.8 Å². The van der Waals surface area contributed by atoms with E-state index in [1.54, 1.807) is 6.07 Å². The fraction of sp³-hybridized carbons (Fsp3) is 0.533. The summed E-state index contributed by atoms with van der Waals surface area (Å²) in [5.41, 5.74) is 2.35. The highest BCUT2D eigenvalue weighted by molar-refractivity contribution is 7.88. The third kappa shape index (κ3) is 6.47. The van der Waals surface area contributed by atoms with Gasteiger partial charge in [-0.3, -0.25) is 4.79 Å². The number of carbonyl (C=O) groups is 1. The number of rotatable bonds is 7. The van der Waals surface area contributed by atoms with Gasteiger partial charge < -0.3 is 10.2 Å². The first-order valence-electron chi connectivity index (χ1n) is 7.17. The maximum atomic E-state index is 12.2. The molecule has 0 heterocycles. The maximum Gasteiger partial charge on any atom is 0.239 e. The van der Waals surface area contributed by atoms with Crippen LogP contribution in [-0.4, -0.2) is 63.5 Å². The lowest BCUT2D eigenvalue weighted by molar-refractivity contribution is -0.116. The van der Waals surface area contributed by atoms with E-state index in [9.17, 15) is 13.2 Å². The summed E-state index contributed by atoms with van der Waals surface area (Å²) >= 11 is 6.15. The minimum absolute atomic E-state index is 0.240. The van der Waals surface area contributed by atoms with Crippen molar-refractivity contribution >= 4 is 33.2 Å². The van der Waals surface area contributed by atoms with Gasteiger partial charge in [0.15, 0.2) is 0 Å². The molecule has 0 aliphatic rings. The fourth-order valence-electron chi connectivity index (χ4n) is 2.09. The number of benzene rings is 1. The van der Waals surface area contributed by atoms with E-state index in [1.165, 1.54) is 0 Å². The second kappa shape index (κ2) is 8.10. The van der Waals surface area contributed by atoms with Crippen LogP contribution in [-0.2, 0) is 14.8 Å². The van der Waals surface area contributed by atoms with Gasteiger partial charge in [0, 0.05) is 13.1 Å². The Morgan fingerprint density at radius 1 is 1.22 bits per heavy atom. The van der Waals surface area contributed by atoms with Crippen LogP contribution in [0.3, 0.4) is 0 Å². The molecule has 0 aromatic heterocycles. The smallest absolute Gasteiger partial charge is 0.239 e. The van der Waals surface area contributed by atoms with Gasteiger partial charge in [0.25, 0.3) is 0 Å². The van der Waals surface area contributed by atoms with Crippen molar-refractivity contribution < 1.29 is 13.2 Å². The van der Waals surface area contributed by atoms with Crippen molar-refractivity contribution in [2.45, 2.75) is 13.8 Å². The molecule has 0 radical (unpaired) electrons. The average Bonchev–Trinajstić information content (AvgIpc) is 2.37. The highest BCUT2D eigenvalue weighted by Crippen LogP contribution is 2.27. The Morgan fingerprint density at radius 2 is 1.83 bits per heavy atom. The van der Waals surface area contributed by atoms with Crippen LogP contribution in [0.4, 0.5) is 5.69 Å². The molecule has 130 valence electrons. The van der Waals surface area contributed by atoms with Crippen LogP contribution in [0.15, 0.2) is 12.1 Å². The van der Waals surface area contributed by atoms with E-state index < -0.39 is 15.9 Å². The van der Waals surface area contributed by atoms with Gasteiger partial charge in [-0.2, -0.15) is 4.31 Å². The van der Waals surface area contributed by atoms with Crippen LogP contribution in [0.5, 0.6) is 0 Å². The summed E-state index contributed by atoms with van der Waals surface area (Å²) in [6.07, 6.45) is 1.10. The van der Waals surface area contributed by atoms with E-state index in [2.05, 4.69) is 5.32 Å². The summed E-state index contributed by atoms with van der Waals surface area (Å²) in [6, 6.07) is 3.66. The number of nitrogens with one attached hydrogen (secondary N) is 1. The van der Waals surface area contributed by atoms with Crippen molar-refractivity contribution in [3.63, 3.8) is 0 Å². The molecule has 0 saturated carbocycles. The molecule has 8 heteroatoms. The van der Waals surface area contributed by atoms with Gasteiger partial charge in [-0.1, -0.05) is 17.7 Å². The Kier molecular flexibility index (Phi) is 7.01. The van der Waals surface area contributed by atoms with Crippen LogP contribution in [0.1, 0.15) is 11.1 Å². The summed E-state index contributed by atoms with van der Waals surface area (Å²) in [5.74, 6) is -0.414. The van der Waals surface area contributed by atoms with Crippen LogP contribution in [0.25, 0.3) is 0 Å². The minimum atomic E-state index is -3.46. The number of anilines is 1. The molecule has 0 fully saturated rings. The first-order chi connectivity index (χ1) is 10.5. The molecule has 0 atom stereocenters. The summed E-state index contributed by atoms with van der Waals surface area (Å²) < 4.78 is 24.8. The number of hydrogen-bond acceptors (Lipinski definition) is 4. The number of sulfonamides is 1. The van der Waals surface area contributed by atoms with Gasteiger partial charge in [0.1, 0.15) is 0 Å². The zero-order valence-corrected chi connectivity index (χ0v) is 15.8. The lowest BCUT2D eigenvalue weighted by Gasteiger charge is -2.22. The predicted molar refractivity (Wildman–Crippen MR) is 94.5 cm³/mol. The summed E-state index contributed by atoms with van der Waals surface area (Å²) in [4.78, 5) is 14.1. The van der Waals surface area contributed by atoms with Gasteiger partial charge in [-0.05, 0) is 45.1 Å². The van der Waals surface area contributed by atoms with Gasteiger partial charge >= 0.3 is 0 Å². The second-order valence-corrected chi connectivity index (χ2v) is 8.28. The molecule has 0 aliphatic heterocycles. The first kappa shape index (κ1) is 19.9. The van der Waals surface area contributed by atoms with Crippen molar-refractivity contribution in [3.05, 3.63) is 28.3 Å². The fourth-order valence-corrected chi connectivity index (χ4v) is 3.22. The molecular formula is C15H24ClN3O3S. The number of hydrogen-bond donors (Lipinski definition) is 1. The van der Waals surface area contributed by atoms with E-state index >= 15 is 0 Å². The predicted octanol–water partition coefficient (Wildman–Crippen LogP) is 1.72. The number of nitrogens with zero attached hydrogens (tertiary/aromatic N) is 2. The lowest BCUT2D eigenvalue weighted by Crippen LogP contribution is -2.41. The maximum absolute atomic E-state index is 12.2. The van der Waals surface area contributed by atoms with Crippen molar-refractivity contribution in [1.82, 2.24) is 9.21 Å².